The average molecular weight is 299 g/mol. The molecule has 4 heteroatoms. The van der Waals surface area contributed by atoms with Gasteiger partial charge in [-0.15, -0.1) is 0 Å². The van der Waals surface area contributed by atoms with E-state index >= 15 is 0 Å². The Labute approximate surface area is 90.0 Å². The van der Waals surface area contributed by atoms with E-state index in [2.05, 4.69) is 22.6 Å². The maximum atomic E-state index is 5.76. The van der Waals surface area contributed by atoms with E-state index in [1.165, 1.54) is 0 Å². The Kier molecular flexibility index (Phi) is 4.11. The molecule has 12 heavy (non-hydrogen) atoms. The molecule has 0 unspecified atom stereocenters. The van der Waals surface area contributed by atoms with E-state index in [4.69, 9.17) is 21.1 Å². The van der Waals surface area contributed by atoms with Gasteiger partial charge in [0.05, 0.1) is 3.57 Å². The van der Waals surface area contributed by atoms with Crippen molar-refractivity contribution in [3.8, 4) is 5.75 Å². The zero-order chi connectivity index (χ0) is 8.97. The molecule has 1 rings (SSSR count). The van der Waals surface area contributed by atoms with Crippen molar-refractivity contribution in [3.63, 3.8) is 0 Å². The van der Waals surface area contributed by atoms with E-state index in [0.717, 1.165) is 9.32 Å². The van der Waals surface area contributed by atoms with Crippen molar-refractivity contribution in [2.45, 2.75) is 0 Å². The molecular weight excluding hydrogens is 290 g/mol. The Bertz CT molecular complexity index is 265. The van der Waals surface area contributed by atoms with Crippen LogP contribution in [0, 0.1) is 3.57 Å². The standard InChI is InChI=1S/C8H8ClIO2/c1-11-5-12-8-3-2-6(9)4-7(8)10/h2-4H,5H2,1H3. The van der Waals surface area contributed by atoms with Crippen LogP contribution in [-0.4, -0.2) is 13.9 Å². The summed E-state index contributed by atoms with van der Waals surface area (Å²) in [6.07, 6.45) is 0. The lowest BCUT2D eigenvalue weighted by atomic mass is 10.3. The van der Waals surface area contributed by atoms with Crippen molar-refractivity contribution < 1.29 is 9.47 Å². The van der Waals surface area contributed by atoms with Crippen LogP contribution in [0.15, 0.2) is 18.2 Å². The van der Waals surface area contributed by atoms with Gasteiger partial charge < -0.3 is 9.47 Å². The second-order valence-electron chi connectivity index (χ2n) is 2.13. The number of hydrogen-bond donors (Lipinski definition) is 0. The van der Waals surface area contributed by atoms with Crippen molar-refractivity contribution in [1.29, 1.82) is 0 Å². The van der Waals surface area contributed by atoms with Gasteiger partial charge in [-0.25, -0.2) is 0 Å². The van der Waals surface area contributed by atoms with Gasteiger partial charge in [-0.1, -0.05) is 11.6 Å². The van der Waals surface area contributed by atoms with E-state index in [1.54, 1.807) is 13.2 Å². The summed E-state index contributed by atoms with van der Waals surface area (Å²) in [4.78, 5) is 0. The van der Waals surface area contributed by atoms with Crippen LogP contribution in [0.4, 0.5) is 0 Å². The third-order valence-electron chi connectivity index (χ3n) is 1.23. The minimum absolute atomic E-state index is 0.262. The highest BCUT2D eigenvalue weighted by Gasteiger charge is 2.00. The number of ether oxygens (including phenoxy) is 2. The van der Waals surface area contributed by atoms with Crippen LogP contribution in [0.3, 0.4) is 0 Å². The van der Waals surface area contributed by atoms with Gasteiger partial charge in [0.2, 0.25) is 0 Å². The highest BCUT2D eigenvalue weighted by atomic mass is 127. The van der Waals surface area contributed by atoms with Crippen LogP contribution in [0.5, 0.6) is 5.75 Å². The van der Waals surface area contributed by atoms with Gasteiger partial charge in [0, 0.05) is 12.1 Å². The minimum Gasteiger partial charge on any atom is -0.466 e. The molecule has 0 saturated carbocycles. The molecule has 0 radical (unpaired) electrons. The molecule has 0 bridgehead atoms. The fourth-order valence-corrected chi connectivity index (χ4v) is 1.74. The summed E-state index contributed by atoms with van der Waals surface area (Å²) in [5, 5.41) is 0.712. The summed E-state index contributed by atoms with van der Waals surface area (Å²) < 4.78 is 11.0. The summed E-state index contributed by atoms with van der Waals surface area (Å²) >= 11 is 7.92. The average Bonchev–Trinajstić information content (AvgIpc) is 2.03. The molecule has 2 nitrogen and oxygen atoms in total. The Morgan fingerprint density at radius 3 is 2.83 bits per heavy atom. The van der Waals surface area contributed by atoms with Gasteiger partial charge in [0.25, 0.3) is 0 Å². The molecule has 0 aliphatic carbocycles. The van der Waals surface area contributed by atoms with Crippen LogP contribution in [-0.2, 0) is 4.74 Å². The molecule has 0 aromatic heterocycles. The molecule has 0 heterocycles. The molecule has 0 aliphatic rings. The lowest BCUT2D eigenvalue weighted by molar-refractivity contribution is 0.0505. The first-order valence-electron chi connectivity index (χ1n) is 3.31. The topological polar surface area (TPSA) is 18.5 Å². The first-order valence-corrected chi connectivity index (χ1v) is 4.76. The largest absolute Gasteiger partial charge is 0.466 e. The first-order chi connectivity index (χ1) is 5.74. The van der Waals surface area contributed by atoms with E-state index in [9.17, 15) is 0 Å². The zero-order valence-corrected chi connectivity index (χ0v) is 9.43. The van der Waals surface area contributed by atoms with Crippen molar-refractivity contribution in [2.24, 2.45) is 0 Å². The summed E-state index contributed by atoms with van der Waals surface area (Å²) in [6, 6.07) is 5.45. The fraction of sp³-hybridized carbons (Fsp3) is 0.250. The van der Waals surface area contributed by atoms with Gasteiger partial charge in [0.15, 0.2) is 6.79 Å². The van der Waals surface area contributed by atoms with Gasteiger partial charge in [-0.05, 0) is 40.8 Å². The van der Waals surface area contributed by atoms with E-state index in [0.29, 0.717) is 5.02 Å². The molecule has 1 aromatic rings. The molecule has 0 fully saturated rings. The Hall–Kier alpha value is -0.000000000000000111. The predicted molar refractivity (Wildman–Crippen MR) is 56.7 cm³/mol. The number of benzene rings is 1. The highest BCUT2D eigenvalue weighted by molar-refractivity contribution is 14.1. The Balaban J connectivity index is 2.72. The van der Waals surface area contributed by atoms with Crippen LogP contribution >= 0.6 is 34.2 Å². The predicted octanol–water partition coefficient (Wildman–Crippen LogP) is 2.93. The second-order valence-corrected chi connectivity index (χ2v) is 3.72. The van der Waals surface area contributed by atoms with Gasteiger partial charge in [0.1, 0.15) is 5.75 Å². The minimum atomic E-state index is 0.262. The normalized spacial score (nSPS) is 9.92. The summed E-state index contributed by atoms with van der Waals surface area (Å²) in [6.45, 7) is 0.262. The Morgan fingerprint density at radius 1 is 1.50 bits per heavy atom. The van der Waals surface area contributed by atoms with Crippen molar-refractivity contribution >= 4 is 34.2 Å². The Morgan fingerprint density at radius 2 is 2.25 bits per heavy atom. The van der Waals surface area contributed by atoms with Crippen molar-refractivity contribution in [1.82, 2.24) is 0 Å². The molecule has 0 atom stereocenters. The molecule has 1 aromatic carbocycles. The van der Waals surface area contributed by atoms with Gasteiger partial charge >= 0.3 is 0 Å². The fourth-order valence-electron chi connectivity index (χ4n) is 0.715. The van der Waals surface area contributed by atoms with Gasteiger partial charge in [-0.2, -0.15) is 0 Å². The van der Waals surface area contributed by atoms with E-state index in [-0.39, 0.29) is 6.79 Å². The zero-order valence-electron chi connectivity index (χ0n) is 6.51. The third kappa shape index (κ3) is 2.80. The summed E-state index contributed by atoms with van der Waals surface area (Å²) in [5.74, 6) is 0.793. The third-order valence-corrected chi connectivity index (χ3v) is 2.30. The number of rotatable bonds is 3. The van der Waals surface area contributed by atoms with Gasteiger partial charge in [-0.3, -0.25) is 0 Å². The van der Waals surface area contributed by atoms with Crippen molar-refractivity contribution in [3.05, 3.63) is 26.8 Å². The molecular formula is C8H8ClIO2. The molecule has 66 valence electrons. The lowest BCUT2D eigenvalue weighted by Gasteiger charge is -2.06. The second kappa shape index (κ2) is 4.89. The molecule has 0 amide bonds. The first kappa shape index (κ1) is 10.1. The smallest absolute Gasteiger partial charge is 0.188 e. The van der Waals surface area contributed by atoms with E-state index < -0.39 is 0 Å². The number of halogens is 2. The summed E-state index contributed by atoms with van der Waals surface area (Å²) in [5.41, 5.74) is 0. The van der Waals surface area contributed by atoms with Crippen LogP contribution in [0.25, 0.3) is 0 Å². The van der Waals surface area contributed by atoms with Crippen molar-refractivity contribution in [2.75, 3.05) is 13.9 Å². The molecule has 0 saturated heterocycles. The molecule has 0 aliphatic heterocycles. The SMILES string of the molecule is COCOc1ccc(Cl)cc1I. The molecule has 0 N–H and O–H groups in total. The van der Waals surface area contributed by atoms with E-state index in [1.807, 2.05) is 12.1 Å². The van der Waals surface area contributed by atoms with Crippen LogP contribution in [0.1, 0.15) is 0 Å². The highest BCUT2D eigenvalue weighted by Crippen LogP contribution is 2.24. The van der Waals surface area contributed by atoms with Crippen LogP contribution in [0.2, 0.25) is 5.02 Å². The number of methoxy groups -OCH3 is 1. The lowest BCUT2D eigenvalue weighted by Crippen LogP contribution is -1.99. The molecule has 0 spiro atoms. The number of hydrogen-bond acceptors (Lipinski definition) is 2. The maximum absolute atomic E-state index is 5.76. The quantitative estimate of drug-likeness (QED) is 0.631. The summed E-state index contributed by atoms with van der Waals surface area (Å²) in [7, 11) is 1.59. The van der Waals surface area contributed by atoms with Crippen LogP contribution < -0.4 is 4.74 Å². The monoisotopic (exact) mass is 298 g/mol. The maximum Gasteiger partial charge on any atom is 0.188 e.